The van der Waals surface area contributed by atoms with E-state index in [9.17, 15) is 0 Å². The van der Waals surface area contributed by atoms with E-state index >= 15 is 0 Å². The van der Waals surface area contributed by atoms with Gasteiger partial charge in [0.2, 0.25) is 0 Å². The summed E-state index contributed by atoms with van der Waals surface area (Å²) in [5.41, 5.74) is 9.97. The Kier molecular flexibility index (Phi) is 4.12. The summed E-state index contributed by atoms with van der Waals surface area (Å²) >= 11 is 5.11. The predicted molar refractivity (Wildman–Crippen MR) is 83.3 cm³/mol. The van der Waals surface area contributed by atoms with Gasteiger partial charge in [-0.3, -0.25) is 4.98 Å². The molecule has 4 heteroatoms. The Labute approximate surface area is 118 Å². The molecule has 0 saturated carbocycles. The first kappa shape index (κ1) is 13.5. The summed E-state index contributed by atoms with van der Waals surface area (Å²) in [4.78, 5) is 4.44. The van der Waals surface area contributed by atoms with Gasteiger partial charge >= 0.3 is 0 Å². The molecule has 2 aromatic rings. The van der Waals surface area contributed by atoms with Crippen LogP contribution in [0, 0.1) is 6.92 Å². The summed E-state index contributed by atoms with van der Waals surface area (Å²) in [7, 11) is 0. The van der Waals surface area contributed by atoms with Gasteiger partial charge in [0, 0.05) is 29.7 Å². The van der Waals surface area contributed by atoms with Crippen LogP contribution in [0.2, 0.25) is 0 Å². The molecule has 0 aliphatic carbocycles. The highest BCUT2D eigenvalue weighted by Crippen LogP contribution is 2.25. The number of pyridine rings is 1. The summed E-state index contributed by atoms with van der Waals surface area (Å²) in [5, 5.41) is 3.48. The molecule has 0 spiro atoms. The first-order valence-electron chi connectivity index (χ1n) is 6.15. The molecule has 0 aliphatic heterocycles. The van der Waals surface area contributed by atoms with E-state index < -0.39 is 0 Å². The Morgan fingerprint density at radius 3 is 2.58 bits per heavy atom. The largest absolute Gasteiger partial charge is 0.389 e. The number of aryl methyl sites for hydroxylation is 1. The van der Waals surface area contributed by atoms with Crippen molar-refractivity contribution in [1.82, 2.24) is 4.98 Å². The second-order valence-electron chi connectivity index (χ2n) is 4.51. The van der Waals surface area contributed by atoms with Gasteiger partial charge in [0.1, 0.15) is 4.99 Å². The number of nitrogens with two attached hydrogens (primary N) is 1. The molecule has 1 aromatic heterocycles. The van der Waals surface area contributed by atoms with Crippen LogP contribution < -0.4 is 11.1 Å². The Morgan fingerprint density at radius 1 is 1.26 bits per heavy atom. The zero-order chi connectivity index (χ0) is 13.8. The van der Waals surface area contributed by atoms with Gasteiger partial charge in [-0.15, -0.1) is 0 Å². The number of anilines is 1. The monoisotopic (exact) mass is 271 g/mol. The van der Waals surface area contributed by atoms with Crippen molar-refractivity contribution >= 4 is 22.9 Å². The summed E-state index contributed by atoms with van der Waals surface area (Å²) < 4.78 is 0. The smallest absolute Gasteiger partial charge is 0.106 e. The molecule has 1 unspecified atom stereocenters. The van der Waals surface area contributed by atoms with Crippen molar-refractivity contribution in [1.29, 1.82) is 0 Å². The third kappa shape index (κ3) is 3.09. The van der Waals surface area contributed by atoms with E-state index in [1.54, 1.807) is 12.4 Å². The fourth-order valence-electron chi connectivity index (χ4n) is 2.02. The number of benzene rings is 1. The molecule has 0 amide bonds. The molecule has 1 aromatic carbocycles. The number of hydrogen-bond acceptors (Lipinski definition) is 3. The lowest BCUT2D eigenvalue weighted by Crippen LogP contribution is -2.16. The van der Waals surface area contributed by atoms with Crippen LogP contribution in [0.5, 0.6) is 0 Å². The summed E-state index contributed by atoms with van der Waals surface area (Å²) in [6, 6.07) is 10.1. The molecule has 0 radical (unpaired) electrons. The van der Waals surface area contributed by atoms with E-state index in [1.807, 2.05) is 37.3 Å². The van der Waals surface area contributed by atoms with Crippen LogP contribution in [0.15, 0.2) is 42.7 Å². The van der Waals surface area contributed by atoms with E-state index in [0.29, 0.717) is 4.99 Å². The highest BCUT2D eigenvalue weighted by molar-refractivity contribution is 7.80. The molecule has 3 N–H and O–H groups in total. The van der Waals surface area contributed by atoms with Crippen molar-refractivity contribution in [3.05, 3.63) is 59.4 Å². The van der Waals surface area contributed by atoms with Gasteiger partial charge in [0.25, 0.3) is 0 Å². The van der Waals surface area contributed by atoms with Gasteiger partial charge in [-0.25, -0.2) is 0 Å². The molecule has 98 valence electrons. The van der Waals surface area contributed by atoms with Gasteiger partial charge in [0.15, 0.2) is 0 Å². The molecule has 0 bridgehead atoms. The van der Waals surface area contributed by atoms with Crippen molar-refractivity contribution in [2.45, 2.75) is 19.9 Å². The lowest BCUT2D eigenvalue weighted by atomic mass is 10.0. The maximum absolute atomic E-state index is 5.78. The van der Waals surface area contributed by atoms with E-state index in [1.165, 1.54) is 5.56 Å². The third-order valence-electron chi connectivity index (χ3n) is 3.11. The van der Waals surface area contributed by atoms with Crippen molar-refractivity contribution in [3.63, 3.8) is 0 Å². The summed E-state index contributed by atoms with van der Waals surface area (Å²) in [6.45, 7) is 4.15. The molecular formula is C15H17N3S. The Balaban J connectivity index is 2.31. The van der Waals surface area contributed by atoms with E-state index in [-0.39, 0.29) is 6.04 Å². The third-order valence-corrected chi connectivity index (χ3v) is 3.33. The Bertz CT molecular complexity index is 581. The fraction of sp³-hybridized carbons (Fsp3) is 0.200. The minimum atomic E-state index is 0.164. The summed E-state index contributed by atoms with van der Waals surface area (Å²) in [6.07, 6.45) is 3.58. The van der Waals surface area contributed by atoms with Gasteiger partial charge in [-0.2, -0.15) is 0 Å². The quantitative estimate of drug-likeness (QED) is 0.838. The lowest BCUT2D eigenvalue weighted by molar-refractivity contribution is 0.878. The zero-order valence-corrected chi connectivity index (χ0v) is 11.9. The second kappa shape index (κ2) is 5.80. The van der Waals surface area contributed by atoms with E-state index in [4.69, 9.17) is 18.0 Å². The van der Waals surface area contributed by atoms with Crippen LogP contribution in [0.4, 0.5) is 5.69 Å². The topological polar surface area (TPSA) is 50.9 Å². The maximum Gasteiger partial charge on any atom is 0.106 e. The van der Waals surface area contributed by atoms with Crippen LogP contribution in [-0.2, 0) is 0 Å². The van der Waals surface area contributed by atoms with E-state index in [0.717, 1.165) is 16.8 Å². The number of nitrogens with one attached hydrogen (secondary N) is 1. The molecule has 0 fully saturated rings. The van der Waals surface area contributed by atoms with Crippen molar-refractivity contribution in [2.24, 2.45) is 5.73 Å². The minimum absolute atomic E-state index is 0.164. The number of thiocarbonyl (C=S) groups is 1. The van der Waals surface area contributed by atoms with Gasteiger partial charge < -0.3 is 11.1 Å². The number of aromatic nitrogens is 1. The van der Waals surface area contributed by atoms with Crippen LogP contribution in [0.1, 0.15) is 29.7 Å². The van der Waals surface area contributed by atoms with Crippen molar-refractivity contribution in [3.8, 4) is 0 Å². The highest BCUT2D eigenvalue weighted by Gasteiger charge is 2.11. The van der Waals surface area contributed by atoms with Crippen LogP contribution in [0.3, 0.4) is 0 Å². The van der Waals surface area contributed by atoms with Crippen LogP contribution in [-0.4, -0.2) is 9.97 Å². The first-order chi connectivity index (χ1) is 9.09. The van der Waals surface area contributed by atoms with Gasteiger partial charge in [0.05, 0.1) is 0 Å². The number of nitrogens with zero attached hydrogens (tertiary/aromatic N) is 1. The maximum atomic E-state index is 5.78. The second-order valence-corrected chi connectivity index (χ2v) is 4.95. The average Bonchev–Trinajstić information content (AvgIpc) is 2.41. The molecule has 19 heavy (non-hydrogen) atoms. The predicted octanol–water partition coefficient (Wildman–Crippen LogP) is 3.20. The number of rotatable bonds is 4. The minimum Gasteiger partial charge on any atom is -0.389 e. The first-order valence-corrected chi connectivity index (χ1v) is 6.56. The van der Waals surface area contributed by atoms with Crippen LogP contribution >= 0.6 is 12.2 Å². The number of hydrogen-bond donors (Lipinski definition) is 2. The summed E-state index contributed by atoms with van der Waals surface area (Å²) in [5.74, 6) is 0. The average molecular weight is 271 g/mol. The normalized spacial score (nSPS) is 11.9. The molecule has 1 atom stereocenters. The molecule has 1 heterocycles. The van der Waals surface area contributed by atoms with E-state index in [2.05, 4.69) is 17.2 Å². The van der Waals surface area contributed by atoms with Crippen molar-refractivity contribution in [2.75, 3.05) is 5.32 Å². The highest BCUT2D eigenvalue weighted by atomic mass is 32.1. The van der Waals surface area contributed by atoms with Crippen LogP contribution in [0.25, 0.3) is 0 Å². The molecule has 0 aliphatic rings. The molecule has 3 nitrogen and oxygen atoms in total. The van der Waals surface area contributed by atoms with Crippen molar-refractivity contribution < 1.29 is 0 Å². The number of para-hydroxylation sites is 1. The Morgan fingerprint density at radius 2 is 1.95 bits per heavy atom. The Hall–Kier alpha value is -1.94. The van der Waals surface area contributed by atoms with Gasteiger partial charge in [-0.1, -0.05) is 24.4 Å². The fourth-order valence-corrected chi connectivity index (χ4v) is 2.19. The van der Waals surface area contributed by atoms with Gasteiger partial charge in [-0.05, 0) is 43.2 Å². The molecule has 0 saturated heterocycles. The standard InChI is InChI=1S/C15H17N3S/c1-10-4-3-5-13(15(16)19)14(10)18-11(2)12-6-8-17-9-7-12/h3-9,11,18H,1-2H3,(H2,16,19). The SMILES string of the molecule is Cc1cccc(C(N)=S)c1NC(C)c1ccncc1. The molecule has 2 rings (SSSR count). The zero-order valence-electron chi connectivity index (χ0n) is 11.1. The molecular weight excluding hydrogens is 254 g/mol. The lowest BCUT2D eigenvalue weighted by Gasteiger charge is -2.20.